The van der Waals surface area contributed by atoms with E-state index in [4.69, 9.17) is 0 Å². The summed E-state index contributed by atoms with van der Waals surface area (Å²) in [6.45, 7) is 4.22. The number of thioether (sulfide) groups is 1. The maximum Gasteiger partial charge on any atom is 0.307 e. The van der Waals surface area contributed by atoms with Crippen molar-refractivity contribution in [1.82, 2.24) is 0 Å². The molecule has 0 bridgehead atoms. The fourth-order valence-corrected chi connectivity index (χ4v) is 5.06. The summed E-state index contributed by atoms with van der Waals surface area (Å²) >= 11 is 5.13. The van der Waals surface area contributed by atoms with Crippen molar-refractivity contribution in [3.63, 3.8) is 0 Å². The van der Waals surface area contributed by atoms with Crippen molar-refractivity contribution in [3.8, 4) is 0 Å². The molecule has 1 aliphatic rings. The first-order chi connectivity index (χ1) is 14.1. The maximum absolute atomic E-state index is 11.7. The van der Waals surface area contributed by atoms with Crippen molar-refractivity contribution in [1.29, 1.82) is 0 Å². The minimum atomic E-state index is -1.10. The van der Waals surface area contributed by atoms with Crippen LogP contribution in [0.15, 0.2) is 102 Å². The Morgan fingerprint density at radius 2 is 1.62 bits per heavy atom. The molecule has 146 valence electrons. The summed E-state index contributed by atoms with van der Waals surface area (Å²) in [5, 5.41) is 16.2. The quantitative estimate of drug-likeness (QED) is 0.431. The van der Waals surface area contributed by atoms with E-state index in [1.807, 2.05) is 89.5 Å². The zero-order chi connectivity index (χ0) is 20.3. The van der Waals surface area contributed by atoms with E-state index < -0.39 is 5.72 Å². The predicted molar refractivity (Wildman–Crippen MR) is 126 cm³/mol. The first kappa shape index (κ1) is 20.0. The van der Waals surface area contributed by atoms with Crippen LogP contribution in [0, 0.1) is 0 Å². The zero-order valence-corrected chi connectivity index (χ0v) is 18.3. The van der Waals surface area contributed by atoms with Crippen LogP contribution in [0.2, 0.25) is 0 Å². The average Bonchev–Trinajstić information content (AvgIpc) is 3.08. The van der Waals surface area contributed by atoms with Gasteiger partial charge in [-0.3, -0.25) is 0 Å². The lowest BCUT2D eigenvalue weighted by Crippen LogP contribution is -2.37. The molecule has 0 amide bonds. The Morgan fingerprint density at radius 3 is 2.28 bits per heavy atom. The maximum atomic E-state index is 11.7. The summed E-state index contributed by atoms with van der Waals surface area (Å²) in [6, 6.07) is 27.9. The van der Waals surface area contributed by atoms with Crippen LogP contribution >= 0.6 is 27.7 Å². The van der Waals surface area contributed by atoms with Gasteiger partial charge in [0, 0.05) is 28.0 Å². The SMILES string of the molecule is C=C(CC1=[N+](c2ccccc2)[C@@](O)(c2ccccc2)CS1)Nc1ccc(Br)cc1. The number of nitrogens with zero attached hydrogens (tertiary/aromatic N) is 1. The van der Waals surface area contributed by atoms with Gasteiger partial charge in [0.15, 0.2) is 0 Å². The summed E-state index contributed by atoms with van der Waals surface area (Å²) in [6.07, 6.45) is 0.630. The van der Waals surface area contributed by atoms with E-state index in [1.165, 1.54) is 0 Å². The first-order valence-electron chi connectivity index (χ1n) is 9.38. The molecule has 0 fully saturated rings. The molecule has 3 nitrogen and oxygen atoms in total. The highest BCUT2D eigenvalue weighted by Gasteiger charge is 2.50. The van der Waals surface area contributed by atoms with Crippen LogP contribution in [0.25, 0.3) is 0 Å². The van der Waals surface area contributed by atoms with Crippen LogP contribution in [-0.2, 0) is 5.72 Å². The van der Waals surface area contributed by atoms with Crippen LogP contribution in [0.3, 0.4) is 0 Å². The summed E-state index contributed by atoms with van der Waals surface area (Å²) in [4.78, 5) is 0. The topological polar surface area (TPSA) is 35.3 Å². The molecule has 0 aromatic heterocycles. The number of anilines is 1. The van der Waals surface area contributed by atoms with Crippen molar-refractivity contribution in [2.75, 3.05) is 11.1 Å². The number of hydrogen-bond acceptors (Lipinski definition) is 3. The minimum Gasteiger partial charge on any atom is -0.359 e. The molecule has 29 heavy (non-hydrogen) atoms. The highest BCUT2D eigenvalue weighted by molar-refractivity contribution is 9.10. The number of nitrogens with one attached hydrogen (secondary N) is 1. The molecule has 0 aliphatic carbocycles. The Balaban J connectivity index is 1.67. The van der Waals surface area contributed by atoms with Gasteiger partial charge in [-0.1, -0.05) is 70.7 Å². The number of halogens is 1. The van der Waals surface area contributed by atoms with E-state index in [0.717, 1.165) is 32.2 Å². The third-order valence-electron chi connectivity index (χ3n) is 4.84. The second-order valence-electron chi connectivity index (χ2n) is 6.95. The number of hydrogen-bond donors (Lipinski definition) is 2. The number of aliphatic hydroxyl groups is 1. The van der Waals surface area contributed by atoms with E-state index in [9.17, 15) is 5.11 Å². The summed E-state index contributed by atoms with van der Waals surface area (Å²) in [7, 11) is 0. The molecule has 0 saturated carbocycles. The van der Waals surface area contributed by atoms with Crippen molar-refractivity contribution < 1.29 is 9.68 Å². The Morgan fingerprint density at radius 1 is 1.00 bits per heavy atom. The lowest BCUT2D eigenvalue weighted by Gasteiger charge is -2.20. The predicted octanol–water partition coefficient (Wildman–Crippen LogP) is 6.10. The molecule has 0 saturated heterocycles. The fraction of sp³-hybridized carbons (Fsp3) is 0.125. The standard InChI is InChI=1S/C24H22BrN2OS/c1-18(26-21-14-12-20(25)13-15-21)16-23-27(22-10-6-3-7-11-22)24(28,17-29-23)19-8-4-2-5-9-19/h2-15,26,28H,1,16-17H2/q+1/t24-/m0/s1. The van der Waals surface area contributed by atoms with Gasteiger partial charge in [0.25, 0.3) is 0 Å². The molecular weight excluding hydrogens is 444 g/mol. The van der Waals surface area contributed by atoms with E-state index >= 15 is 0 Å². The van der Waals surface area contributed by atoms with Crippen molar-refractivity contribution in [2.45, 2.75) is 12.1 Å². The molecule has 0 radical (unpaired) electrons. The fourth-order valence-electron chi connectivity index (χ4n) is 3.47. The third-order valence-corrected chi connectivity index (χ3v) is 6.58. The number of para-hydroxylation sites is 1. The Bertz CT molecular complexity index is 1040. The van der Waals surface area contributed by atoms with Crippen molar-refractivity contribution >= 4 is 44.1 Å². The Labute approximate surface area is 183 Å². The van der Waals surface area contributed by atoms with Gasteiger partial charge in [0.05, 0.1) is 12.0 Å². The van der Waals surface area contributed by atoms with Crippen LogP contribution in [-0.4, -0.2) is 20.5 Å². The lowest BCUT2D eigenvalue weighted by molar-refractivity contribution is -0.593. The highest BCUT2D eigenvalue weighted by Crippen LogP contribution is 2.40. The van der Waals surface area contributed by atoms with Crippen LogP contribution < -0.4 is 5.32 Å². The molecule has 1 heterocycles. The zero-order valence-electron chi connectivity index (χ0n) is 15.9. The molecule has 1 atom stereocenters. The molecule has 2 N–H and O–H groups in total. The van der Waals surface area contributed by atoms with Gasteiger partial charge in [-0.2, -0.15) is 4.58 Å². The van der Waals surface area contributed by atoms with Crippen molar-refractivity contribution in [3.05, 3.63) is 107 Å². The largest absolute Gasteiger partial charge is 0.359 e. The van der Waals surface area contributed by atoms with Gasteiger partial charge in [-0.25, -0.2) is 0 Å². The first-order valence-corrected chi connectivity index (χ1v) is 11.2. The summed E-state index contributed by atoms with van der Waals surface area (Å²) in [5.41, 5.74) is 2.63. The average molecular weight is 466 g/mol. The van der Waals surface area contributed by atoms with E-state index in [2.05, 4.69) is 27.8 Å². The molecule has 0 unspecified atom stereocenters. The smallest absolute Gasteiger partial charge is 0.307 e. The van der Waals surface area contributed by atoms with E-state index in [0.29, 0.717) is 12.2 Å². The van der Waals surface area contributed by atoms with Crippen LogP contribution in [0.5, 0.6) is 0 Å². The van der Waals surface area contributed by atoms with E-state index in [1.54, 1.807) is 11.8 Å². The highest BCUT2D eigenvalue weighted by atomic mass is 79.9. The number of rotatable bonds is 6. The van der Waals surface area contributed by atoms with Crippen LogP contribution in [0.1, 0.15) is 12.0 Å². The summed E-state index contributed by atoms with van der Waals surface area (Å²) in [5.74, 6) is 0.562. The summed E-state index contributed by atoms with van der Waals surface area (Å²) < 4.78 is 3.08. The molecule has 1 aliphatic heterocycles. The third kappa shape index (κ3) is 4.32. The van der Waals surface area contributed by atoms with Gasteiger partial charge in [-0.05, 0) is 36.4 Å². The normalized spacial score (nSPS) is 18.7. The van der Waals surface area contributed by atoms with Crippen molar-refractivity contribution in [2.24, 2.45) is 0 Å². The monoisotopic (exact) mass is 465 g/mol. The minimum absolute atomic E-state index is 0.562. The molecular formula is C24H22BrN2OS+. The van der Waals surface area contributed by atoms with Gasteiger partial charge in [0.2, 0.25) is 10.7 Å². The van der Waals surface area contributed by atoms with Gasteiger partial charge in [0.1, 0.15) is 5.75 Å². The molecule has 5 heteroatoms. The number of benzene rings is 3. The number of allylic oxidation sites excluding steroid dienone is 1. The molecule has 3 aromatic rings. The van der Waals surface area contributed by atoms with Gasteiger partial charge >= 0.3 is 5.72 Å². The second kappa shape index (κ2) is 8.57. The van der Waals surface area contributed by atoms with Crippen LogP contribution in [0.4, 0.5) is 11.4 Å². The molecule has 3 aromatic carbocycles. The Kier molecular flexibility index (Phi) is 5.90. The molecule has 4 rings (SSSR count). The van der Waals surface area contributed by atoms with Gasteiger partial charge < -0.3 is 10.4 Å². The Hall–Kier alpha value is -2.34. The lowest BCUT2D eigenvalue weighted by atomic mass is 10.0. The molecule has 0 spiro atoms. The van der Waals surface area contributed by atoms with E-state index in [-0.39, 0.29) is 0 Å². The van der Waals surface area contributed by atoms with Gasteiger partial charge in [-0.15, -0.1) is 0 Å². The second-order valence-corrected chi connectivity index (χ2v) is 8.91.